The summed E-state index contributed by atoms with van der Waals surface area (Å²) in [5, 5.41) is 2.64. The lowest BCUT2D eigenvalue weighted by Gasteiger charge is -2.35. The minimum atomic E-state index is -0.475. The number of amides is 2. The minimum absolute atomic E-state index is 0.0136. The number of carbonyl (C=O) groups is 2. The van der Waals surface area contributed by atoms with Gasteiger partial charge in [0.2, 0.25) is 11.8 Å². The molecule has 0 spiro atoms. The monoisotopic (exact) mass is 232 g/mol. The molecule has 2 rings (SSSR count). The van der Waals surface area contributed by atoms with E-state index in [0.717, 1.165) is 12.0 Å². The van der Waals surface area contributed by atoms with Crippen molar-refractivity contribution in [2.75, 3.05) is 13.1 Å². The quantitative estimate of drug-likeness (QED) is 0.848. The second-order valence-corrected chi connectivity index (χ2v) is 4.12. The Morgan fingerprint density at radius 1 is 1.29 bits per heavy atom. The van der Waals surface area contributed by atoms with E-state index >= 15 is 0 Å². The van der Waals surface area contributed by atoms with E-state index in [9.17, 15) is 9.59 Å². The molecule has 0 aliphatic carbocycles. The maximum absolute atomic E-state index is 11.9. The topological polar surface area (TPSA) is 49.4 Å². The summed E-state index contributed by atoms with van der Waals surface area (Å²) in [5.41, 5.74) is 0.867. The van der Waals surface area contributed by atoms with Crippen LogP contribution in [0.2, 0.25) is 0 Å². The highest BCUT2D eigenvalue weighted by atomic mass is 16.2. The van der Waals surface area contributed by atoms with Crippen molar-refractivity contribution in [1.82, 2.24) is 10.2 Å². The number of hydrogen-bond donors (Lipinski definition) is 1. The summed E-state index contributed by atoms with van der Waals surface area (Å²) in [5.74, 6) is -0.107. The lowest BCUT2D eigenvalue weighted by molar-refractivity contribution is -0.145. The van der Waals surface area contributed by atoms with Crippen molar-refractivity contribution < 1.29 is 9.59 Å². The Morgan fingerprint density at radius 2 is 2.00 bits per heavy atom. The molecule has 1 saturated heterocycles. The predicted octanol–water partition coefficient (Wildman–Crippen LogP) is 1.10. The van der Waals surface area contributed by atoms with Crippen LogP contribution in [-0.2, 0) is 9.59 Å². The van der Waals surface area contributed by atoms with Crippen molar-refractivity contribution in [3.05, 3.63) is 35.9 Å². The Balaban J connectivity index is 2.32. The average molecular weight is 232 g/mol. The molecular formula is C13H16N2O2. The normalized spacial score (nSPS) is 20.3. The second kappa shape index (κ2) is 4.99. The minimum Gasteiger partial charge on any atom is -0.345 e. The summed E-state index contributed by atoms with van der Waals surface area (Å²) in [6, 6.07) is 8.95. The summed E-state index contributed by atoms with van der Waals surface area (Å²) >= 11 is 0. The molecule has 0 saturated carbocycles. The van der Waals surface area contributed by atoms with Gasteiger partial charge in [-0.2, -0.15) is 0 Å². The summed E-state index contributed by atoms with van der Waals surface area (Å²) in [4.78, 5) is 25.4. The molecule has 1 atom stereocenters. The molecule has 0 aromatic heterocycles. The molecule has 1 unspecified atom stereocenters. The van der Waals surface area contributed by atoms with Crippen LogP contribution in [0.4, 0.5) is 0 Å². The van der Waals surface area contributed by atoms with Crippen molar-refractivity contribution in [2.45, 2.75) is 19.4 Å². The number of piperazine rings is 1. The molecule has 1 heterocycles. The van der Waals surface area contributed by atoms with E-state index in [2.05, 4.69) is 5.32 Å². The highest BCUT2D eigenvalue weighted by molar-refractivity contribution is 5.95. The molecule has 17 heavy (non-hydrogen) atoms. The number of nitrogens with one attached hydrogen (secondary N) is 1. The molecule has 0 bridgehead atoms. The highest BCUT2D eigenvalue weighted by Crippen LogP contribution is 2.23. The van der Waals surface area contributed by atoms with Gasteiger partial charge < -0.3 is 10.2 Å². The van der Waals surface area contributed by atoms with Crippen LogP contribution in [0.3, 0.4) is 0 Å². The zero-order valence-corrected chi connectivity index (χ0v) is 9.85. The van der Waals surface area contributed by atoms with Gasteiger partial charge in [-0.25, -0.2) is 0 Å². The van der Waals surface area contributed by atoms with E-state index in [1.165, 1.54) is 0 Å². The first-order valence-corrected chi connectivity index (χ1v) is 5.86. The van der Waals surface area contributed by atoms with Crippen LogP contribution in [0, 0.1) is 0 Å². The Morgan fingerprint density at radius 3 is 2.65 bits per heavy atom. The van der Waals surface area contributed by atoms with Gasteiger partial charge in [0, 0.05) is 6.54 Å². The Labute approximate surface area is 101 Å². The fraction of sp³-hybridized carbons (Fsp3) is 0.385. The van der Waals surface area contributed by atoms with Gasteiger partial charge in [-0.15, -0.1) is 0 Å². The Hall–Kier alpha value is -1.84. The van der Waals surface area contributed by atoms with Crippen LogP contribution in [0.25, 0.3) is 0 Å². The average Bonchev–Trinajstić information content (AvgIpc) is 2.35. The zero-order valence-electron chi connectivity index (χ0n) is 9.85. The number of benzene rings is 1. The zero-order chi connectivity index (χ0) is 12.3. The van der Waals surface area contributed by atoms with Gasteiger partial charge in [0.15, 0.2) is 0 Å². The first kappa shape index (κ1) is 11.6. The molecule has 4 nitrogen and oxygen atoms in total. The van der Waals surface area contributed by atoms with Crippen LogP contribution < -0.4 is 5.32 Å². The van der Waals surface area contributed by atoms with E-state index < -0.39 is 6.04 Å². The number of carbonyl (C=O) groups excluding carboxylic acids is 2. The summed E-state index contributed by atoms with van der Waals surface area (Å²) in [7, 11) is 0. The first-order valence-electron chi connectivity index (χ1n) is 5.86. The molecule has 1 aliphatic rings. The van der Waals surface area contributed by atoms with E-state index in [1.807, 2.05) is 37.3 Å². The lowest BCUT2D eigenvalue weighted by Crippen LogP contribution is -2.53. The maximum Gasteiger partial charge on any atom is 0.247 e. The Kier molecular flexibility index (Phi) is 3.42. The van der Waals surface area contributed by atoms with Crippen molar-refractivity contribution in [3.63, 3.8) is 0 Å². The highest BCUT2D eigenvalue weighted by Gasteiger charge is 2.34. The smallest absolute Gasteiger partial charge is 0.247 e. The van der Waals surface area contributed by atoms with Crippen LogP contribution in [-0.4, -0.2) is 29.8 Å². The van der Waals surface area contributed by atoms with Gasteiger partial charge in [0.25, 0.3) is 0 Å². The molecule has 1 aliphatic heterocycles. The standard InChI is InChI=1S/C13H16N2O2/c1-2-8-15-11(16)9-14-13(17)12(15)10-6-4-3-5-7-10/h3-7,12H,2,8-9H2,1H3,(H,14,17). The number of nitrogens with zero attached hydrogens (tertiary/aromatic N) is 1. The maximum atomic E-state index is 11.9. The van der Waals surface area contributed by atoms with E-state index in [4.69, 9.17) is 0 Å². The molecule has 1 aromatic rings. The van der Waals surface area contributed by atoms with Crippen LogP contribution in [0.1, 0.15) is 24.9 Å². The third-order valence-electron chi connectivity index (χ3n) is 2.87. The van der Waals surface area contributed by atoms with E-state index in [-0.39, 0.29) is 18.4 Å². The lowest BCUT2D eigenvalue weighted by atomic mass is 10.0. The SMILES string of the molecule is CCCN1C(=O)CNC(=O)C1c1ccccc1. The van der Waals surface area contributed by atoms with Gasteiger partial charge in [0.05, 0.1) is 6.54 Å². The van der Waals surface area contributed by atoms with E-state index in [1.54, 1.807) is 4.90 Å². The third kappa shape index (κ3) is 2.30. The fourth-order valence-electron chi connectivity index (χ4n) is 2.11. The second-order valence-electron chi connectivity index (χ2n) is 4.12. The number of hydrogen-bond acceptors (Lipinski definition) is 2. The summed E-state index contributed by atoms with van der Waals surface area (Å²) in [6.45, 7) is 2.73. The molecule has 1 N–H and O–H groups in total. The van der Waals surface area contributed by atoms with Crippen molar-refractivity contribution in [3.8, 4) is 0 Å². The van der Waals surface area contributed by atoms with Gasteiger partial charge in [-0.3, -0.25) is 9.59 Å². The van der Waals surface area contributed by atoms with Gasteiger partial charge in [0.1, 0.15) is 6.04 Å². The van der Waals surface area contributed by atoms with Crippen LogP contribution in [0.15, 0.2) is 30.3 Å². The molecule has 4 heteroatoms. The van der Waals surface area contributed by atoms with Gasteiger partial charge in [-0.1, -0.05) is 37.3 Å². The molecular weight excluding hydrogens is 216 g/mol. The van der Waals surface area contributed by atoms with Crippen molar-refractivity contribution in [2.24, 2.45) is 0 Å². The molecule has 1 fully saturated rings. The summed E-state index contributed by atoms with van der Waals surface area (Å²) < 4.78 is 0. The van der Waals surface area contributed by atoms with Crippen LogP contribution in [0.5, 0.6) is 0 Å². The fourth-order valence-corrected chi connectivity index (χ4v) is 2.11. The Bertz CT molecular complexity index is 417. The predicted molar refractivity (Wildman–Crippen MR) is 64.2 cm³/mol. The summed E-state index contributed by atoms with van der Waals surface area (Å²) in [6.07, 6.45) is 0.850. The number of rotatable bonds is 3. The van der Waals surface area contributed by atoms with Crippen molar-refractivity contribution >= 4 is 11.8 Å². The van der Waals surface area contributed by atoms with Gasteiger partial charge in [-0.05, 0) is 12.0 Å². The molecule has 90 valence electrons. The molecule has 0 radical (unpaired) electrons. The van der Waals surface area contributed by atoms with Crippen molar-refractivity contribution in [1.29, 1.82) is 0 Å². The van der Waals surface area contributed by atoms with Crippen LogP contribution >= 0.6 is 0 Å². The third-order valence-corrected chi connectivity index (χ3v) is 2.87. The molecule has 1 aromatic carbocycles. The molecule has 2 amide bonds. The van der Waals surface area contributed by atoms with E-state index in [0.29, 0.717) is 6.54 Å². The largest absolute Gasteiger partial charge is 0.345 e. The first-order chi connectivity index (χ1) is 8.24. The van der Waals surface area contributed by atoms with Gasteiger partial charge >= 0.3 is 0 Å².